The first-order valence-electron chi connectivity index (χ1n) is 3.78. The maximum Gasteiger partial charge on any atom is 0.0831 e. The lowest BCUT2D eigenvalue weighted by atomic mass is 10.2. The molecular weight excluding hydrogens is 136 g/mol. The Balaban J connectivity index is 2.51. The Morgan fingerprint density at radius 3 is 2.90 bits per heavy atom. The van der Waals surface area contributed by atoms with E-state index in [1.165, 1.54) is 12.5 Å². The molecule has 1 heteroatoms. The number of aryl methyl sites for hydroxylation is 1. The summed E-state index contributed by atoms with van der Waals surface area (Å²) in [6, 6.07) is 10.3. The van der Waals surface area contributed by atoms with Crippen molar-refractivity contribution < 1.29 is 0 Å². The summed E-state index contributed by atoms with van der Waals surface area (Å²) in [5, 5.41) is 1.67. The SMILES string of the molecule is C[Si]1CCc2ccccc21. The Bertz CT molecular complexity index is 242. The summed E-state index contributed by atoms with van der Waals surface area (Å²) in [7, 11) is -0.114. The number of hydrogen-bond donors (Lipinski definition) is 0. The molecule has 51 valence electrons. The summed E-state index contributed by atoms with van der Waals surface area (Å²) in [5.41, 5.74) is 1.61. The highest BCUT2D eigenvalue weighted by atomic mass is 28.3. The summed E-state index contributed by atoms with van der Waals surface area (Å²) < 4.78 is 0. The smallest absolute Gasteiger partial charge is 0.0669 e. The van der Waals surface area contributed by atoms with E-state index >= 15 is 0 Å². The highest BCUT2D eigenvalue weighted by molar-refractivity contribution is 6.73. The van der Waals surface area contributed by atoms with Crippen LogP contribution in [0.5, 0.6) is 0 Å². The number of hydrogen-bond acceptors (Lipinski definition) is 0. The highest BCUT2D eigenvalue weighted by Gasteiger charge is 2.18. The predicted molar refractivity (Wildman–Crippen MR) is 46.2 cm³/mol. The molecule has 0 saturated carbocycles. The standard InChI is InChI=1S/C9H11Si/c1-10-7-6-8-4-2-3-5-9(8)10/h2-5H,6-7H2,1H3. The van der Waals surface area contributed by atoms with Gasteiger partial charge in [-0.2, -0.15) is 0 Å². The molecule has 0 nitrogen and oxygen atoms in total. The zero-order chi connectivity index (χ0) is 6.97. The van der Waals surface area contributed by atoms with Crippen LogP contribution < -0.4 is 5.19 Å². The molecule has 0 bridgehead atoms. The van der Waals surface area contributed by atoms with E-state index in [9.17, 15) is 0 Å². The molecule has 2 rings (SSSR count). The van der Waals surface area contributed by atoms with Gasteiger partial charge in [0, 0.05) is 0 Å². The summed E-state index contributed by atoms with van der Waals surface area (Å²) >= 11 is 0. The van der Waals surface area contributed by atoms with Crippen molar-refractivity contribution in [2.24, 2.45) is 0 Å². The number of benzene rings is 1. The average Bonchev–Trinajstić information content (AvgIpc) is 2.34. The van der Waals surface area contributed by atoms with E-state index in [0.717, 1.165) is 0 Å². The fourth-order valence-corrected chi connectivity index (χ4v) is 3.66. The lowest BCUT2D eigenvalue weighted by molar-refractivity contribution is 1.17. The topological polar surface area (TPSA) is 0 Å². The molecule has 0 unspecified atom stereocenters. The van der Waals surface area contributed by atoms with Crippen molar-refractivity contribution >= 4 is 14.0 Å². The van der Waals surface area contributed by atoms with Gasteiger partial charge in [0.2, 0.25) is 0 Å². The summed E-state index contributed by atoms with van der Waals surface area (Å²) in [4.78, 5) is 0. The van der Waals surface area contributed by atoms with Crippen molar-refractivity contribution in [1.82, 2.24) is 0 Å². The second kappa shape index (κ2) is 2.24. The average molecular weight is 147 g/mol. The molecule has 1 heterocycles. The van der Waals surface area contributed by atoms with E-state index < -0.39 is 0 Å². The molecule has 0 amide bonds. The second-order valence-corrected chi connectivity index (χ2v) is 5.54. The minimum Gasteiger partial charge on any atom is -0.0669 e. The first-order chi connectivity index (χ1) is 4.88. The Hall–Kier alpha value is -0.563. The Labute approximate surface area is 63.5 Å². The third-order valence-corrected chi connectivity index (χ3v) is 4.65. The first kappa shape index (κ1) is 6.17. The molecule has 1 aromatic carbocycles. The van der Waals surface area contributed by atoms with Crippen LogP contribution in [-0.2, 0) is 6.42 Å². The van der Waals surface area contributed by atoms with Crippen LogP contribution in [0.3, 0.4) is 0 Å². The normalized spacial score (nSPS) is 17.3. The maximum absolute atomic E-state index is 2.41. The van der Waals surface area contributed by atoms with Crippen molar-refractivity contribution in [3.8, 4) is 0 Å². The van der Waals surface area contributed by atoms with Crippen LogP contribution in [0.4, 0.5) is 0 Å². The van der Waals surface area contributed by atoms with Crippen LogP contribution in [0.2, 0.25) is 12.6 Å². The van der Waals surface area contributed by atoms with Crippen molar-refractivity contribution in [2.45, 2.75) is 19.0 Å². The Morgan fingerprint density at radius 1 is 1.30 bits per heavy atom. The second-order valence-electron chi connectivity index (χ2n) is 2.94. The summed E-state index contributed by atoms with van der Waals surface area (Å²) in [5.74, 6) is 0. The molecule has 1 radical (unpaired) electrons. The molecule has 0 saturated heterocycles. The molecule has 1 aromatic rings. The molecule has 0 spiro atoms. The van der Waals surface area contributed by atoms with E-state index in [-0.39, 0.29) is 8.80 Å². The van der Waals surface area contributed by atoms with Gasteiger partial charge in [-0.1, -0.05) is 42.0 Å². The van der Waals surface area contributed by atoms with Gasteiger partial charge >= 0.3 is 0 Å². The van der Waals surface area contributed by atoms with E-state index in [1.54, 1.807) is 10.8 Å². The van der Waals surface area contributed by atoms with Gasteiger partial charge in [0.15, 0.2) is 0 Å². The lowest BCUT2D eigenvalue weighted by Gasteiger charge is -1.99. The van der Waals surface area contributed by atoms with Gasteiger partial charge in [-0.25, -0.2) is 0 Å². The minimum atomic E-state index is -0.114. The van der Waals surface area contributed by atoms with Crippen LogP contribution in [0.15, 0.2) is 24.3 Å². The van der Waals surface area contributed by atoms with Gasteiger partial charge in [0.1, 0.15) is 0 Å². The van der Waals surface area contributed by atoms with Crippen molar-refractivity contribution in [3.63, 3.8) is 0 Å². The van der Waals surface area contributed by atoms with Gasteiger partial charge in [-0.3, -0.25) is 0 Å². The largest absolute Gasteiger partial charge is 0.0831 e. The number of rotatable bonds is 0. The molecule has 1 aliphatic rings. The van der Waals surface area contributed by atoms with E-state index in [0.29, 0.717) is 0 Å². The van der Waals surface area contributed by atoms with Crippen molar-refractivity contribution in [2.75, 3.05) is 0 Å². The maximum atomic E-state index is 2.41. The van der Waals surface area contributed by atoms with Crippen LogP contribution in [0, 0.1) is 0 Å². The molecular formula is C9H11Si. The van der Waals surface area contributed by atoms with Gasteiger partial charge in [0.25, 0.3) is 0 Å². The van der Waals surface area contributed by atoms with Crippen LogP contribution in [0.1, 0.15) is 5.56 Å². The Morgan fingerprint density at radius 2 is 2.10 bits per heavy atom. The Kier molecular flexibility index (Phi) is 1.38. The zero-order valence-corrected chi connectivity index (χ0v) is 7.22. The molecule has 0 aromatic heterocycles. The molecule has 10 heavy (non-hydrogen) atoms. The van der Waals surface area contributed by atoms with E-state index in [1.807, 2.05) is 0 Å². The molecule has 1 aliphatic heterocycles. The monoisotopic (exact) mass is 147 g/mol. The van der Waals surface area contributed by atoms with Gasteiger partial charge < -0.3 is 0 Å². The van der Waals surface area contributed by atoms with Gasteiger partial charge in [-0.15, -0.1) is 0 Å². The fraction of sp³-hybridized carbons (Fsp3) is 0.333. The van der Waals surface area contributed by atoms with Crippen LogP contribution in [-0.4, -0.2) is 8.80 Å². The minimum absolute atomic E-state index is 0.114. The highest BCUT2D eigenvalue weighted by Crippen LogP contribution is 2.12. The summed E-state index contributed by atoms with van der Waals surface area (Å²) in [6.07, 6.45) is 1.33. The van der Waals surface area contributed by atoms with Crippen LogP contribution in [0.25, 0.3) is 0 Å². The van der Waals surface area contributed by atoms with E-state index in [2.05, 4.69) is 30.8 Å². The van der Waals surface area contributed by atoms with Crippen molar-refractivity contribution in [3.05, 3.63) is 29.8 Å². The third-order valence-electron chi connectivity index (χ3n) is 2.25. The van der Waals surface area contributed by atoms with Crippen molar-refractivity contribution in [1.29, 1.82) is 0 Å². The first-order valence-corrected chi connectivity index (χ1v) is 5.99. The van der Waals surface area contributed by atoms with Crippen LogP contribution >= 0.6 is 0 Å². The van der Waals surface area contributed by atoms with E-state index in [4.69, 9.17) is 0 Å². The summed E-state index contributed by atoms with van der Waals surface area (Å²) in [6.45, 7) is 2.41. The zero-order valence-electron chi connectivity index (χ0n) is 6.22. The predicted octanol–water partition coefficient (Wildman–Crippen LogP) is 1.57. The fourth-order valence-electron chi connectivity index (χ4n) is 1.61. The molecule has 0 atom stereocenters. The van der Waals surface area contributed by atoms with Gasteiger partial charge in [0.05, 0.1) is 8.80 Å². The molecule has 0 N–H and O–H groups in total. The van der Waals surface area contributed by atoms with Gasteiger partial charge in [-0.05, 0) is 12.0 Å². The number of fused-ring (bicyclic) bond motifs is 1. The quantitative estimate of drug-likeness (QED) is 0.489. The lowest BCUT2D eigenvalue weighted by Crippen LogP contribution is -2.21. The third kappa shape index (κ3) is 0.816. The molecule has 0 fully saturated rings. The molecule has 0 aliphatic carbocycles.